The van der Waals surface area contributed by atoms with Crippen molar-refractivity contribution in [2.75, 3.05) is 14.2 Å². The summed E-state index contributed by atoms with van der Waals surface area (Å²) in [7, 11) is 3.39. The summed E-state index contributed by atoms with van der Waals surface area (Å²) in [6, 6.07) is 5.96. The van der Waals surface area contributed by atoms with Gasteiger partial charge in [-0.2, -0.15) is 0 Å². The third-order valence-corrected chi connectivity index (χ3v) is 4.27. The van der Waals surface area contributed by atoms with Gasteiger partial charge in [0.2, 0.25) is 0 Å². The fourth-order valence-corrected chi connectivity index (χ4v) is 2.52. The van der Waals surface area contributed by atoms with Crippen LogP contribution in [-0.2, 0) is 11.2 Å². The second-order valence-electron chi connectivity index (χ2n) is 4.75. The summed E-state index contributed by atoms with van der Waals surface area (Å²) in [6.45, 7) is 4.15. The Morgan fingerprint density at radius 3 is 2.58 bits per heavy atom. The van der Waals surface area contributed by atoms with Gasteiger partial charge in [0.05, 0.1) is 18.8 Å². The summed E-state index contributed by atoms with van der Waals surface area (Å²) >= 11 is 3.48. The Kier molecular flexibility index (Phi) is 6.26. The second kappa shape index (κ2) is 7.24. The summed E-state index contributed by atoms with van der Waals surface area (Å²) in [5.41, 5.74) is 3.64. The lowest BCUT2D eigenvalue weighted by Crippen LogP contribution is -2.53. The fraction of sp³-hybridized carbons (Fsp3) is 0.571. The van der Waals surface area contributed by atoms with Gasteiger partial charge in [-0.3, -0.25) is 11.3 Å². The highest BCUT2D eigenvalue weighted by molar-refractivity contribution is 9.10. The van der Waals surface area contributed by atoms with E-state index in [0.717, 1.165) is 28.6 Å². The first-order chi connectivity index (χ1) is 9.00. The second-order valence-corrected chi connectivity index (χ2v) is 5.67. The minimum Gasteiger partial charge on any atom is -0.496 e. The van der Waals surface area contributed by atoms with Gasteiger partial charge in [-0.05, 0) is 43.5 Å². The first kappa shape index (κ1) is 16.4. The highest BCUT2D eigenvalue weighted by atomic mass is 79.9. The molecule has 19 heavy (non-hydrogen) atoms. The van der Waals surface area contributed by atoms with Crippen LogP contribution in [0.1, 0.15) is 25.8 Å². The van der Waals surface area contributed by atoms with Crippen LogP contribution in [0.15, 0.2) is 22.7 Å². The number of benzene rings is 1. The Balaban J connectivity index is 3.01. The molecule has 0 aliphatic heterocycles. The minimum atomic E-state index is -0.317. The number of halogens is 1. The smallest absolute Gasteiger partial charge is 0.122 e. The lowest BCUT2D eigenvalue weighted by Gasteiger charge is -2.35. The van der Waals surface area contributed by atoms with Crippen LogP contribution < -0.4 is 16.0 Å². The number of nitrogens with two attached hydrogens (primary N) is 1. The molecule has 2 unspecified atom stereocenters. The van der Waals surface area contributed by atoms with Gasteiger partial charge in [-0.1, -0.05) is 22.9 Å². The molecule has 108 valence electrons. The maximum Gasteiger partial charge on any atom is 0.122 e. The van der Waals surface area contributed by atoms with Crippen LogP contribution in [0.4, 0.5) is 0 Å². The number of methoxy groups -OCH3 is 2. The minimum absolute atomic E-state index is 0.00528. The lowest BCUT2D eigenvalue weighted by molar-refractivity contribution is -0.0289. The zero-order valence-corrected chi connectivity index (χ0v) is 13.6. The molecular weight excluding hydrogens is 308 g/mol. The topological polar surface area (TPSA) is 56.5 Å². The van der Waals surface area contributed by atoms with Gasteiger partial charge < -0.3 is 9.47 Å². The summed E-state index contributed by atoms with van der Waals surface area (Å²) in [6.07, 6.45) is 1.60. The van der Waals surface area contributed by atoms with E-state index in [1.54, 1.807) is 14.2 Å². The third-order valence-electron chi connectivity index (χ3n) is 3.77. The maximum atomic E-state index is 5.70. The van der Waals surface area contributed by atoms with E-state index in [2.05, 4.69) is 41.3 Å². The molecule has 1 aromatic carbocycles. The van der Waals surface area contributed by atoms with Crippen molar-refractivity contribution in [2.24, 2.45) is 5.84 Å². The fourth-order valence-electron chi connectivity index (χ4n) is 2.11. The van der Waals surface area contributed by atoms with E-state index in [1.165, 1.54) is 0 Å². The van der Waals surface area contributed by atoms with E-state index in [1.807, 2.05) is 12.1 Å². The molecule has 5 heteroatoms. The number of ether oxygens (including phenoxy) is 2. The van der Waals surface area contributed by atoms with Crippen molar-refractivity contribution in [1.82, 2.24) is 5.43 Å². The molecule has 0 bridgehead atoms. The molecule has 0 spiro atoms. The van der Waals surface area contributed by atoms with Crippen LogP contribution in [-0.4, -0.2) is 25.9 Å². The van der Waals surface area contributed by atoms with Crippen LogP contribution in [0, 0.1) is 0 Å². The Morgan fingerprint density at radius 1 is 1.42 bits per heavy atom. The molecule has 0 saturated carbocycles. The predicted molar refractivity (Wildman–Crippen MR) is 81.2 cm³/mol. The van der Waals surface area contributed by atoms with Gasteiger partial charge in [0.1, 0.15) is 5.75 Å². The molecule has 0 fully saturated rings. The highest BCUT2D eigenvalue weighted by Crippen LogP contribution is 2.28. The molecule has 2 atom stereocenters. The van der Waals surface area contributed by atoms with Crippen LogP contribution >= 0.6 is 15.9 Å². The van der Waals surface area contributed by atoms with Crippen molar-refractivity contribution in [2.45, 2.75) is 38.3 Å². The summed E-state index contributed by atoms with van der Waals surface area (Å²) in [5.74, 6) is 6.56. The standard InChI is InChI=1S/C14H23BrN2O2/c1-5-14(2,19-4)13(17-16)9-10-8-11(15)6-7-12(10)18-3/h6-8,13,17H,5,9,16H2,1-4H3. The number of hydrogen-bond donors (Lipinski definition) is 2. The lowest BCUT2D eigenvalue weighted by atomic mass is 9.88. The van der Waals surface area contributed by atoms with Crippen molar-refractivity contribution < 1.29 is 9.47 Å². The Labute approximate surface area is 123 Å². The van der Waals surface area contributed by atoms with Gasteiger partial charge in [-0.15, -0.1) is 0 Å². The average molecular weight is 331 g/mol. The number of rotatable bonds is 7. The van der Waals surface area contributed by atoms with E-state index < -0.39 is 0 Å². The van der Waals surface area contributed by atoms with Gasteiger partial charge in [0.15, 0.2) is 0 Å². The van der Waals surface area contributed by atoms with E-state index in [0.29, 0.717) is 0 Å². The van der Waals surface area contributed by atoms with Crippen LogP contribution in [0.2, 0.25) is 0 Å². The van der Waals surface area contributed by atoms with E-state index in [-0.39, 0.29) is 11.6 Å². The van der Waals surface area contributed by atoms with Crippen molar-refractivity contribution in [3.63, 3.8) is 0 Å². The van der Waals surface area contributed by atoms with Crippen molar-refractivity contribution in [3.8, 4) is 5.75 Å². The monoisotopic (exact) mass is 330 g/mol. The summed E-state index contributed by atoms with van der Waals surface area (Å²) < 4.78 is 12.0. The molecule has 0 amide bonds. The largest absolute Gasteiger partial charge is 0.496 e. The van der Waals surface area contributed by atoms with Gasteiger partial charge >= 0.3 is 0 Å². The molecule has 0 heterocycles. The predicted octanol–water partition coefficient (Wildman–Crippen LogP) is 2.65. The zero-order chi connectivity index (χ0) is 14.5. The molecule has 0 aromatic heterocycles. The molecular formula is C14H23BrN2O2. The molecule has 4 nitrogen and oxygen atoms in total. The number of nitrogens with one attached hydrogen (secondary N) is 1. The van der Waals surface area contributed by atoms with E-state index >= 15 is 0 Å². The van der Waals surface area contributed by atoms with Crippen LogP contribution in [0.5, 0.6) is 5.75 Å². The Bertz CT molecular complexity index is 408. The van der Waals surface area contributed by atoms with Crippen LogP contribution in [0.3, 0.4) is 0 Å². The molecule has 1 rings (SSSR count). The summed E-state index contributed by atoms with van der Waals surface area (Å²) in [4.78, 5) is 0. The van der Waals surface area contributed by atoms with E-state index in [4.69, 9.17) is 15.3 Å². The number of hydrogen-bond acceptors (Lipinski definition) is 4. The van der Waals surface area contributed by atoms with Gasteiger partial charge in [0, 0.05) is 11.6 Å². The molecule has 3 N–H and O–H groups in total. The molecule has 1 aromatic rings. The Hall–Kier alpha value is -0.620. The van der Waals surface area contributed by atoms with Gasteiger partial charge in [0.25, 0.3) is 0 Å². The average Bonchev–Trinajstić information content (AvgIpc) is 2.44. The summed E-state index contributed by atoms with van der Waals surface area (Å²) in [5, 5.41) is 0. The molecule has 0 saturated heterocycles. The quantitative estimate of drug-likeness (QED) is 0.596. The van der Waals surface area contributed by atoms with Crippen molar-refractivity contribution in [1.29, 1.82) is 0 Å². The van der Waals surface area contributed by atoms with Crippen molar-refractivity contribution >= 4 is 15.9 Å². The first-order valence-corrected chi connectivity index (χ1v) is 7.13. The van der Waals surface area contributed by atoms with Crippen molar-refractivity contribution in [3.05, 3.63) is 28.2 Å². The molecule has 0 aliphatic carbocycles. The zero-order valence-electron chi connectivity index (χ0n) is 12.0. The van der Waals surface area contributed by atoms with E-state index in [9.17, 15) is 0 Å². The maximum absolute atomic E-state index is 5.70. The Morgan fingerprint density at radius 2 is 2.11 bits per heavy atom. The SMILES string of the molecule is CCC(C)(OC)C(Cc1cc(Br)ccc1OC)NN. The van der Waals surface area contributed by atoms with Crippen LogP contribution in [0.25, 0.3) is 0 Å². The van der Waals surface area contributed by atoms with Gasteiger partial charge in [-0.25, -0.2) is 0 Å². The molecule has 0 aliphatic rings. The molecule has 0 radical (unpaired) electrons. The number of hydrazine groups is 1. The normalized spacial score (nSPS) is 15.9. The third kappa shape index (κ3) is 3.92. The highest BCUT2D eigenvalue weighted by Gasteiger charge is 2.32. The first-order valence-electron chi connectivity index (χ1n) is 6.34.